The molecule has 1 amide bonds. The van der Waals surface area contributed by atoms with Crippen LogP contribution in [0.1, 0.15) is 59.7 Å². The molecule has 1 atom stereocenters. The number of aryl methyl sites for hydroxylation is 1. The van der Waals surface area contributed by atoms with Crippen LogP contribution in [0.4, 0.5) is 0 Å². The average molecular weight is 267 g/mol. The molecule has 0 fully saturated rings. The lowest BCUT2D eigenvalue weighted by Gasteiger charge is -2.16. The second-order valence-electron chi connectivity index (χ2n) is 6.36. The van der Waals surface area contributed by atoms with Gasteiger partial charge in [0.1, 0.15) is 0 Å². The molecule has 0 saturated carbocycles. The first-order chi connectivity index (χ1) is 8.70. The molecule has 1 rings (SSSR count). The number of carbonyl (C=O) groups is 1. The minimum absolute atomic E-state index is 0.0247. The zero-order valence-corrected chi connectivity index (χ0v) is 12.8. The van der Waals surface area contributed by atoms with E-state index in [1.807, 2.05) is 27.7 Å². The Morgan fingerprint density at radius 2 is 1.95 bits per heavy atom. The Morgan fingerprint density at radius 1 is 1.32 bits per heavy atom. The molecule has 5 heteroatoms. The van der Waals surface area contributed by atoms with Crippen LogP contribution in [-0.4, -0.2) is 22.1 Å². The molecule has 1 unspecified atom stereocenters. The first-order valence-electron chi connectivity index (χ1n) is 6.82. The van der Waals surface area contributed by atoms with Crippen LogP contribution >= 0.6 is 0 Å². The Kier molecular flexibility index (Phi) is 5.09. The van der Waals surface area contributed by atoms with E-state index in [2.05, 4.69) is 29.3 Å². The fourth-order valence-corrected chi connectivity index (χ4v) is 1.37. The molecular formula is C14H25N3O2. The Morgan fingerprint density at radius 3 is 2.42 bits per heavy atom. The first-order valence-corrected chi connectivity index (χ1v) is 6.82. The van der Waals surface area contributed by atoms with Crippen LogP contribution in [0.5, 0.6) is 0 Å². The Bertz CT molecular complexity index is 419. The van der Waals surface area contributed by atoms with Crippen LogP contribution in [-0.2, 0) is 16.6 Å². The van der Waals surface area contributed by atoms with Crippen LogP contribution in [0.3, 0.4) is 0 Å². The molecule has 0 bridgehead atoms. The minimum Gasteiger partial charge on any atom is -0.353 e. The lowest BCUT2D eigenvalue weighted by Crippen LogP contribution is -2.36. The topological polar surface area (TPSA) is 68.0 Å². The predicted molar refractivity (Wildman–Crippen MR) is 73.8 cm³/mol. The van der Waals surface area contributed by atoms with Gasteiger partial charge in [-0.15, -0.1) is 0 Å². The maximum absolute atomic E-state index is 11.7. The van der Waals surface area contributed by atoms with Crippen molar-refractivity contribution in [2.24, 2.45) is 5.92 Å². The van der Waals surface area contributed by atoms with Crippen molar-refractivity contribution in [3.8, 4) is 0 Å². The van der Waals surface area contributed by atoms with Gasteiger partial charge in [-0.25, -0.2) is 0 Å². The van der Waals surface area contributed by atoms with Gasteiger partial charge in [-0.2, -0.15) is 4.98 Å². The summed E-state index contributed by atoms with van der Waals surface area (Å²) in [4.78, 5) is 16.0. The molecule has 0 aliphatic rings. The molecule has 1 aromatic heterocycles. The highest BCUT2D eigenvalue weighted by atomic mass is 16.5. The van der Waals surface area contributed by atoms with Crippen molar-refractivity contribution in [2.75, 3.05) is 0 Å². The average Bonchev–Trinajstić information content (AvgIpc) is 2.74. The number of nitrogens with zero attached hydrogens (tertiary/aromatic N) is 2. The van der Waals surface area contributed by atoms with Crippen molar-refractivity contribution in [1.82, 2.24) is 15.5 Å². The maximum atomic E-state index is 11.7. The molecule has 19 heavy (non-hydrogen) atoms. The van der Waals surface area contributed by atoms with Crippen LogP contribution in [0, 0.1) is 5.92 Å². The van der Waals surface area contributed by atoms with Gasteiger partial charge in [-0.1, -0.05) is 39.8 Å². The lowest BCUT2D eigenvalue weighted by atomic mass is 9.96. The van der Waals surface area contributed by atoms with Crippen LogP contribution in [0.25, 0.3) is 0 Å². The smallest absolute Gasteiger partial charge is 0.227 e. The summed E-state index contributed by atoms with van der Waals surface area (Å²) in [6.45, 7) is 12.3. The molecule has 0 aromatic carbocycles. The molecule has 0 spiro atoms. The predicted octanol–water partition coefficient (Wildman–Crippen LogP) is 2.46. The number of nitrogens with one attached hydrogen (secondary N) is 1. The molecule has 5 nitrogen and oxygen atoms in total. The second kappa shape index (κ2) is 6.17. The highest BCUT2D eigenvalue weighted by Crippen LogP contribution is 2.18. The number of hydrogen-bond donors (Lipinski definition) is 1. The molecule has 0 radical (unpaired) electrons. The zero-order chi connectivity index (χ0) is 14.6. The summed E-state index contributed by atoms with van der Waals surface area (Å²) in [6.07, 6.45) is 0.864. The van der Waals surface area contributed by atoms with E-state index >= 15 is 0 Å². The van der Waals surface area contributed by atoms with Crippen LogP contribution < -0.4 is 5.32 Å². The molecule has 0 aliphatic heterocycles. The van der Waals surface area contributed by atoms with E-state index < -0.39 is 0 Å². The summed E-state index contributed by atoms with van der Waals surface area (Å²) >= 11 is 0. The zero-order valence-electron chi connectivity index (χ0n) is 12.8. The monoisotopic (exact) mass is 267 g/mol. The van der Waals surface area contributed by atoms with Crippen molar-refractivity contribution in [3.63, 3.8) is 0 Å². The van der Waals surface area contributed by atoms with Gasteiger partial charge in [-0.05, 0) is 12.8 Å². The third-order valence-corrected chi connectivity index (χ3v) is 3.09. The van der Waals surface area contributed by atoms with Crippen molar-refractivity contribution in [1.29, 1.82) is 0 Å². The largest absolute Gasteiger partial charge is 0.353 e. The van der Waals surface area contributed by atoms with E-state index in [9.17, 15) is 4.79 Å². The van der Waals surface area contributed by atoms with Gasteiger partial charge in [0.25, 0.3) is 0 Å². The molecule has 1 aromatic rings. The van der Waals surface area contributed by atoms with E-state index in [1.54, 1.807) is 0 Å². The normalized spacial score (nSPS) is 13.6. The minimum atomic E-state index is -0.129. The number of amides is 1. The Balaban J connectivity index is 2.45. The SMILES string of the molecule is CC(C)C(C)NC(=O)CCc1nc(C(C)(C)C)no1. The Labute approximate surface area is 115 Å². The van der Waals surface area contributed by atoms with Gasteiger partial charge < -0.3 is 9.84 Å². The number of hydrogen-bond acceptors (Lipinski definition) is 4. The third kappa shape index (κ3) is 5.01. The Hall–Kier alpha value is -1.39. The summed E-state index contributed by atoms with van der Waals surface area (Å²) < 4.78 is 5.15. The summed E-state index contributed by atoms with van der Waals surface area (Å²) in [6, 6.07) is 0.181. The van der Waals surface area contributed by atoms with E-state index in [-0.39, 0.29) is 17.4 Å². The lowest BCUT2D eigenvalue weighted by molar-refractivity contribution is -0.122. The summed E-state index contributed by atoms with van der Waals surface area (Å²) in [5.74, 6) is 1.66. The van der Waals surface area contributed by atoms with E-state index in [0.717, 1.165) is 0 Å². The van der Waals surface area contributed by atoms with Crippen molar-refractivity contribution < 1.29 is 9.32 Å². The quantitative estimate of drug-likeness (QED) is 0.889. The van der Waals surface area contributed by atoms with Gasteiger partial charge in [-0.3, -0.25) is 4.79 Å². The van der Waals surface area contributed by atoms with E-state index in [0.29, 0.717) is 30.5 Å². The van der Waals surface area contributed by atoms with Gasteiger partial charge in [0.15, 0.2) is 5.82 Å². The standard InChI is InChI=1S/C14H25N3O2/c1-9(2)10(3)15-11(18)7-8-12-16-13(17-19-12)14(4,5)6/h9-10H,7-8H2,1-6H3,(H,15,18). The molecule has 0 aliphatic carbocycles. The third-order valence-electron chi connectivity index (χ3n) is 3.09. The first kappa shape index (κ1) is 15.7. The van der Waals surface area contributed by atoms with Crippen molar-refractivity contribution >= 4 is 5.91 Å². The molecule has 108 valence electrons. The number of rotatable bonds is 5. The second-order valence-corrected chi connectivity index (χ2v) is 6.36. The van der Waals surface area contributed by atoms with Crippen LogP contribution in [0.15, 0.2) is 4.52 Å². The van der Waals surface area contributed by atoms with Crippen molar-refractivity contribution in [2.45, 2.75) is 65.8 Å². The number of carbonyl (C=O) groups excluding carboxylic acids is 1. The van der Waals surface area contributed by atoms with Gasteiger partial charge in [0.2, 0.25) is 11.8 Å². The van der Waals surface area contributed by atoms with E-state index in [1.165, 1.54) is 0 Å². The molecule has 0 saturated heterocycles. The highest BCUT2D eigenvalue weighted by Gasteiger charge is 2.21. The molecule has 1 N–H and O–H groups in total. The van der Waals surface area contributed by atoms with Crippen molar-refractivity contribution in [3.05, 3.63) is 11.7 Å². The van der Waals surface area contributed by atoms with Gasteiger partial charge in [0.05, 0.1) is 0 Å². The van der Waals surface area contributed by atoms with Gasteiger partial charge >= 0.3 is 0 Å². The summed E-state index contributed by atoms with van der Waals surface area (Å²) in [7, 11) is 0. The maximum Gasteiger partial charge on any atom is 0.227 e. The van der Waals surface area contributed by atoms with Crippen LogP contribution in [0.2, 0.25) is 0 Å². The fourth-order valence-electron chi connectivity index (χ4n) is 1.37. The highest BCUT2D eigenvalue weighted by molar-refractivity contribution is 5.76. The van der Waals surface area contributed by atoms with E-state index in [4.69, 9.17) is 4.52 Å². The summed E-state index contributed by atoms with van der Waals surface area (Å²) in [5.41, 5.74) is -0.129. The van der Waals surface area contributed by atoms with Gasteiger partial charge in [0, 0.05) is 24.3 Å². The summed E-state index contributed by atoms with van der Waals surface area (Å²) in [5, 5.41) is 6.89. The molecule has 1 heterocycles. The number of aromatic nitrogens is 2. The fraction of sp³-hybridized carbons (Fsp3) is 0.786. The molecular weight excluding hydrogens is 242 g/mol.